The van der Waals surface area contributed by atoms with E-state index in [9.17, 15) is 19.2 Å². The predicted molar refractivity (Wildman–Crippen MR) is 109 cm³/mol. The molecule has 0 saturated carbocycles. The van der Waals surface area contributed by atoms with Crippen LogP contribution in [0, 0.1) is 0 Å². The van der Waals surface area contributed by atoms with Gasteiger partial charge in [0.2, 0.25) is 5.91 Å². The largest absolute Gasteiger partial charge is 0.456 e. The highest BCUT2D eigenvalue weighted by Gasteiger charge is 2.57. The molecule has 9 nitrogen and oxygen atoms in total. The molecule has 164 valence electrons. The molecule has 0 aliphatic carbocycles. The van der Waals surface area contributed by atoms with Crippen molar-refractivity contribution in [1.82, 2.24) is 10.4 Å². The van der Waals surface area contributed by atoms with E-state index in [1.165, 1.54) is 0 Å². The maximum atomic E-state index is 12.9. The van der Waals surface area contributed by atoms with Crippen molar-refractivity contribution in [3.63, 3.8) is 0 Å². The van der Waals surface area contributed by atoms with Gasteiger partial charge in [0, 0.05) is 12.2 Å². The van der Waals surface area contributed by atoms with Gasteiger partial charge >= 0.3 is 17.7 Å². The van der Waals surface area contributed by atoms with E-state index in [0.717, 1.165) is 17.7 Å². The van der Waals surface area contributed by atoms with E-state index < -0.39 is 29.6 Å². The van der Waals surface area contributed by atoms with Crippen LogP contribution >= 0.6 is 0 Å². The lowest BCUT2D eigenvalue weighted by atomic mass is 10.1. The third-order valence-corrected chi connectivity index (χ3v) is 4.92. The Balaban J connectivity index is 1.44. The van der Waals surface area contributed by atoms with Crippen molar-refractivity contribution in [1.29, 1.82) is 0 Å². The third kappa shape index (κ3) is 4.37. The lowest BCUT2D eigenvalue weighted by Gasteiger charge is -2.31. The summed E-state index contributed by atoms with van der Waals surface area (Å²) in [4.78, 5) is 55.3. The minimum absolute atomic E-state index is 0.0732. The van der Waals surface area contributed by atoms with Crippen LogP contribution in [-0.4, -0.2) is 47.2 Å². The van der Waals surface area contributed by atoms with Gasteiger partial charge in [0.05, 0.1) is 6.42 Å². The van der Waals surface area contributed by atoms with E-state index in [0.29, 0.717) is 10.6 Å². The first-order chi connectivity index (χ1) is 15.5. The Morgan fingerprint density at radius 1 is 1.03 bits per heavy atom. The molecule has 1 N–H and O–H groups in total. The summed E-state index contributed by atoms with van der Waals surface area (Å²) < 4.78 is 10.4. The maximum Gasteiger partial charge on any atom is 0.379 e. The van der Waals surface area contributed by atoms with Gasteiger partial charge in [-0.05, 0) is 11.1 Å². The van der Waals surface area contributed by atoms with Crippen molar-refractivity contribution >= 4 is 23.8 Å². The SMILES string of the molecule is O=C(Cc1ccccc1)N[C@@H]1CON(C2(C(=O)OCc3ccccc3)C=CC(=O)O2)C1=O. The molecule has 2 aromatic carbocycles. The minimum Gasteiger partial charge on any atom is -0.456 e. The Bertz CT molecular complexity index is 1050. The predicted octanol–water partition coefficient (Wildman–Crippen LogP) is 1.04. The number of hydrogen-bond donors (Lipinski definition) is 1. The van der Waals surface area contributed by atoms with Crippen LogP contribution in [0.1, 0.15) is 11.1 Å². The summed E-state index contributed by atoms with van der Waals surface area (Å²) >= 11 is 0. The lowest BCUT2D eigenvalue weighted by molar-refractivity contribution is -0.249. The molecule has 2 heterocycles. The fourth-order valence-corrected chi connectivity index (χ4v) is 3.35. The van der Waals surface area contributed by atoms with Gasteiger partial charge in [-0.1, -0.05) is 60.7 Å². The normalized spacial score (nSPS) is 22.0. The molecule has 1 fully saturated rings. The number of rotatable bonds is 7. The summed E-state index contributed by atoms with van der Waals surface area (Å²) in [5, 5.41) is 3.23. The van der Waals surface area contributed by atoms with Gasteiger partial charge < -0.3 is 14.8 Å². The molecular weight excluding hydrogens is 416 g/mol. The van der Waals surface area contributed by atoms with Crippen molar-refractivity contribution in [2.45, 2.75) is 24.8 Å². The number of hydrogen-bond acceptors (Lipinski definition) is 7. The average molecular weight is 436 g/mol. The summed E-state index contributed by atoms with van der Waals surface area (Å²) in [7, 11) is 0. The quantitative estimate of drug-likeness (QED) is 0.646. The van der Waals surface area contributed by atoms with Gasteiger partial charge in [0.15, 0.2) is 0 Å². The van der Waals surface area contributed by atoms with Crippen LogP contribution < -0.4 is 5.32 Å². The standard InChI is InChI=1S/C23H20N2O7/c26-19(13-16-7-3-1-4-8-16)24-18-15-31-25(21(18)28)23(12-11-20(27)32-23)22(29)30-14-17-9-5-2-6-10-17/h1-12,18H,13-15H2,(H,24,26)/t18-,23?/m1/s1. The fraction of sp³-hybridized carbons (Fsp3) is 0.217. The number of hydroxylamine groups is 2. The Morgan fingerprint density at radius 3 is 2.31 bits per heavy atom. The van der Waals surface area contributed by atoms with Crippen molar-refractivity contribution in [2.75, 3.05) is 6.61 Å². The monoisotopic (exact) mass is 436 g/mol. The van der Waals surface area contributed by atoms with E-state index in [1.807, 2.05) is 12.1 Å². The molecule has 2 aliphatic rings. The molecule has 0 bridgehead atoms. The van der Waals surface area contributed by atoms with Gasteiger partial charge in [-0.15, -0.1) is 0 Å². The van der Waals surface area contributed by atoms with Gasteiger partial charge in [-0.2, -0.15) is 5.06 Å². The second-order valence-electron chi connectivity index (χ2n) is 7.22. The molecule has 2 atom stereocenters. The van der Waals surface area contributed by atoms with Crippen molar-refractivity contribution in [3.8, 4) is 0 Å². The maximum absolute atomic E-state index is 12.9. The first-order valence-electron chi connectivity index (χ1n) is 9.91. The Labute approximate surface area is 183 Å². The van der Waals surface area contributed by atoms with Crippen LogP contribution in [0.2, 0.25) is 0 Å². The zero-order valence-electron chi connectivity index (χ0n) is 16.9. The third-order valence-electron chi connectivity index (χ3n) is 4.92. The molecule has 9 heteroatoms. The van der Waals surface area contributed by atoms with Gasteiger partial charge in [0.1, 0.15) is 19.3 Å². The first kappa shape index (κ1) is 21.3. The van der Waals surface area contributed by atoms with Gasteiger partial charge in [-0.25, -0.2) is 9.59 Å². The smallest absolute Gasteiger partial charge is 0.379 e. The number of cyclic esters (lactones) is 1. The summed E-state index contributed by atoms with van der Waals surface area (Å²) in [6.45, 7) is -0.315. The number of ether oxygens (including phenoxy) is 2. The molecule has 2 aromatic rings. The molecule has 4 rings (SSSR count). The molecule has 0 spiro atoms. The molecular formula is C23H20N2O7. The number of amides is 2. The molecule has 1 unspecified atom stereocenters. The molecule has 1 saturated heterocycles. The second-order valence-corrected chi connectivity index (χ2v) is 7.22. The van der Waals surface area contributed by atoms with Gasteiger partial charge in [0.25, 0.3) is 5.91 Å². The fourth-order valence-electron chi connectivity index (χ4n) is 3.35. The Kier molecular flexibility index (Phi) is 6.00. The Morgan fingerprint density at radius 2 is 1.69 bits per heavy atom. The van der Waals surface area contributed by atoms with Gasteiger partial charge in [-0.3, -0.25) is 14.4 Å². The second kappa shape index (κ2) is 9.03. The number of esters is 2. The van der Waals surface area contributed by atoms with Crippen molar-refractivity contribution < 1.29 is 33.5 Å². The van der Waals surface area contributed by atoms with Crippen LogP contribution in [0.25, 0.3) is 0 Å². The van der Waals surface area contributed by atoms with E-state index in [2.05, 4.69) is 5.32 Å². The average Bonchev–Trinajstić information content (AvgIpc) is 3.37. The molecule has 0 aromatic heterocycles. The van der Waals surface area contributed by atoms with Crippen LogP contribution in [0.15, 0.2) is 72.8 Å². The number of carbonyl (C=O) groups excluding carboxylic acids is 4. The summed E-state index contributed by atoms with van der Waals surface area (Å²) in [6.07, 6.45) is 2.19. The lowest BCUT2D eigenvalue weighted by Crippen LogP contribution is -2.57. The van der Waals surface area contributed by atoms with Crippen molar-refractivity contribution in [3.05, 3.63) is 83.9 Å². The number of nitrogens with zero attached hydrogens (tertiary/aromatic N) is 1. The zero-order chi connectivity index (χ0) is 22.6. The topological polar surface area (TPSA) is 111 Å². The first-order valence-corrected chi connectivity index (χ1v) is 9.91. The summed E-state index contributed by atoms with van der Waals surface area (Å²) in [5.41, 5.74) is -0.701. The highest BCUT2D eigenvalue weighted by atomic mass is 16.8. The summed E-state index contributed by atoms with van der Waals surface area (Å²) in [6, 6.07) is 16.9. The Hall–Kier alpha value is -3.98. The number of carbonyl (C=O) groups is 4. The van der Waals surface area contributed by atoms with E-state index in [1.54, 1.807) is 48.5 Å². The van der Waals surface area contributed by atoms with Crippen LogP contribution in [0.4, 0.5) is 0 Å². The van der Waals surface area contributed by atoms with Crippen LogP contribution in [0.5, 0.6) is 0 Å². The summed E-state index contributed by atoms with van der Waals surface area (Å²) in [5.74, 6) is -2.94. The molecule has 32 heavy (non-hydrogen) atoms. The van der Waals surface area contributed by atoms with Crippen molar-refractivity contribution in [2.24, 2.45) is 0 Å². The van der Waals surface area contributed by atoms with Crippen LogP contribution in [0.3, 0.4) is 0 Å². The highest BCUT2D eigenvalue weighted by Crippen LogP contribution is 2.31. The zero-order valence-corrected chi connectivity index (χ0v) is 16.9. The number of nitrogens with one attached hydrogen (secondary N) is 1. The minimum atomic E-state index is -2.19. The number of benzene rings is 2. The van der Waals surface area contributed by atoms with E-state index >= 15 is 0 Å². The highest BCUT2D eigenvalue weighted by molar-refractivity contribution is 5.98. The van der Waals surface area contributed by atoms with E-state index in [-0.39, 0.29) is 25.5 Å². The molecule has 2 aliphatic heterocycles. The van der Waals surface area contributed by atoms with Crippen LogP contribution in [-0.2, 0) is 46.5 Å². The van der Waals surface area contributed by atoms with E-state index in [4.69, 9.17) is 14.3 Å². The molecule has 0 radical (unpaired) electrons. The molecule has 2 amide bonds.